The van der Waals surface area contributed by atoms with E-state index in [-0.39, 0.29) is 5.69 Å². The van der Waals surface area contributed by atoms with Gasteiger partial charge in [-0.3, -0.25) is 0 Å². The van der Waals surface area contributed by atoms with Crippen LogP contribution in [0.3, 0.4) is 0 Å². The van der Waals surface area contributed by atoms with Gasteiger partial charge in [-0.05, 0) is 23.4 Å². The van der Waals surface area contributed by atoms with E-state index in [1.165, 1.54) is 17.6 Å². The largest absolute Gasteiger partial charge is 0.464 e. The Labute approximate surface area is 109 Å². The second kappa shape index (κ2) is 5.22. The van der Waals surface area contributed by atoms with Gasteiger partial charge in [0.05, 0.1) is 20.0 Å². The predicted octanol–water partition coefficient (Wildman–Crippen LogP) is 1.92. The standard InChI is InChI=1S/C12H15N3O2S/c1-3-8-4-5-18-9(8)6-15-7-14-10(11(15)13)12(16)17-2/h4-5,7H,3,6,13H2,1-2H3. The van der Waals surface area contributed by atoms with Crippen LogP contribution >= 0.6 is 11.3 Å². The lowest BCUT2D eigenvalue weighted by Crippen LogP contribution is -2.09. The van der Waals surface area contributed by atoms with Crippen molar-refractivity contribution in [2.45, 2.75) is 19.9 Å². The monoisotopic (exact) mass is 265 g/mol. The molecule has 0 fully saturated rings. The molecule has 2 N–H and O–H groups in total. The molecule has 0 atom stereocenters. The van der Waals surface area contributed by atoms with E-state index in [0.29, 0.717) is 12.4 Å². The number of aromatic nitrogens is 2. The number of hydrogen-bond acceptors (Lipinski definition) is 5. The Hall–Kier alpha value is -1.82. The summed E-state index contributed by atoms with van der Waals surface area (Å²) in [7, 11) is 1.31. The summed E-state index contributed by atoms with van der Waals surface area (Å²) in [5, 5.41) is 2.06. The van der Waals surface area contributed by atoms with Gasteiger partial charge in [0.1, 0.15) is 5.82 Å². The van der Waals surface area contributed by atoms with Crippen LogP contribution in [0.4, 0.5) is 5.82 Å². The summed E-state index contributed by atoms with van der Waals surface area (Å²) in [5.74, 6) is -0.162. The second-order valence-electron chi connectivity index (χ2n) is 3.82. The normalized spacial score (nSPS) is 10.6. The zero-order valence-electron chi connectivity index (χ0n) is 10.3. The SMILES string of the molecule is CCc1ccsc1Cn1cnc(C(=O)OC)c1N. The zero-order chi connectivity index (χ0) is 13.1. The van der Waals surface area contributed by atoms with Gasteiger partial charge < -0.3 is 15.0 Å². The van der Waals surface area contributed by atoms with Gasteiger partial charge in [0.15, 0.2) is 5.69 Å². The maximum absolute atomic E-state index is 11.4. The van der Waals surface area contributed by atoms with E-state index in [9.17, 15) is 4.79 Å². The van der Waals surface area contributed by atoms with E-state index in [1.807, 2.05) is 0 Å². The Balaban J connectivity index is 2.25. The summed E-state index contributed by atoms with van der Waals surface area (Å²) in [6.45, 7) is 2.75. The minimum atomic E-state index is -0.506. The van der Waals surface area contributed by atoms with Crippen molar-refractivity contribution in [1.82, 2.24) is 9.55 Å². The van der Waals surface area contributed by atoms with Crippen LogP contribution in [0.2, 0.25) is 0 Å². The number of carbonyl (C=O) groups is 1. The summed E-state index contributed by atoms with van der Waals surface area (Å²) in [4.78, 5) is 16.6. The van der Waals surface area contributed by atoms with E-state index < -0.39 is 5.97 Å². The van der Waals surface area contributed by atoms with Crippen molar-refractivity contribution in [2.24, 2.45) is 0 Å². The first-order valence-corrected chi connectivity index (χ1v) is 6.49. The Morgan fingerprint density at radius 2 is 2.39 bits per heavy atom. The molecule has 2 aromatic rings. The van der Waals surface area contributed by atoms with Gasteiger partial charge in [0, 0.05) is 4.88 Å². The van der Waals surface area contributed by atoms with Gasteiger partial charge in [-0.15, -0.1) is 11.3 Å². The van der Waals surface area contributed by atoms with Gasteiger partial charge in [-0.1, -0.05) is 6.92 Å². The number of carbonyl (C=O) groups excluding carboxylic acids is 1. The summed E-state index contributed by atoms with van der Waals surface area (Å²) in [6, 6.07) is 2.11. The fourth-order valence-electron chi connectivity index (χ4n) is 1.75. The molecule has 18 heavy (non-hydrogen) atoms. The molecule has 2 aromatic heterocycles. The van der Waals surface area contributed by atoms with Gasteiger partial charge in [-0.25, -0.2) is 9.78 Å². The third-order valence-corrected chi connectivity index (χ3v) is 3.74. The molecule has 0 aliphatic carbocycles. The van der Waals surface area contributed by atoms with Crippen molar-refractivity contribution in [3.63, 3.8) is 0 Å². The minimum Gasteiger partial charge on any atom is -0.464 e. The maximum atomic E-state index is 11.4. The van der Waals surface area contributed by atoms with Crippen molar-refractivity contribution < 1.29 is 9.53 Å². The highest BCUT2D eigenvalue weighted by molar-refractivity contribution is 7.10. The Bertz CT molecular complexity index is 559. The zero-order valence-corrected chi connectivity index (χ0v) is 11.2. The topological polar surface area (TPSA) is 70.1 Å². The van der Waals surface area contributed by atoms with Crippen LogP contribution in [0.1, 0.15) is 27.9 Å². The van der Waals surface area contributed by atoms with Crippen LogP contribution in [0.25, 0.3) is 0 Å². The first-order chi connectivity index (χ1) is 8.67. The summed E-state index contributed by atoms with van der Waals surface area (Å²) >= 11 is 1.68. The first kappa shape index (κ1) is 12.6. The quantitative estimate of drug-likeness (QED) is 0.857. The molecule has 5 nitrogen and oxygen atoms in total. The number of anilines is 1. The number of aryl methyl sites for hydroxylation is 1. The average molecular weight is 265 g/mol. The van der Waals surface area contributed by atoms with Crippen LogP contribution in [0, 0.1) is 0 Å². The van der Waals surface area contributed by atoms with E-state index in [4.69, 9.17) is 5.73 Å². The van der Waals surface area contributed by atoms with E-state index in [1.54, 1.807) is 22.2 Å². The molecule has 0 aromatic carbocycles. The fraction of sp³-hybridized carbons (Fsp3) is 0.333. The van der Waals surface area contributed by atoms with Crippen molar-refractivity contribution in [2.75, 3.05) is 12.8 Å². The average Bonchev–Trinajstić information content (AvgIpc) is 2.97. The number of nitrogens with two attached hydrogens (primary N) is 1. The van der Waals surface area contributed by atoms with Crippen LogP contribution in [-0.4, -0.2) is 22.6 Å². The highest BCUT2D eigenvalue weighted by Gasteiger charge is 2.16. The molecular weight excluding hydrogens is 250 g/mol. The van der Waals surface area contributed by atoms with Crippen molar-refractivity contribution in [1.29, 1.82) is 0 Å². The minimum absolute atomic E-state index is 0.173. The number of nitrogens with zero attached hydrogens (tertiary/aromatic N) is 2. The Kier molecular flexibility index (Phi) is 3.66. The Morgan fingerprint density at radius 1 is 1.61 bits per heavy atom. The predicted molar refractivity (Wildman–Crippen MR) is 70.8 cm³/mol. The molecule has 0 amide bonds. The molecule has 0 bridgehead atoms. The van der Waals surface area contributed by atoms with Crippen molar-refractivity contribution >= 4 is 23.1 Å². The van der Waals surface area contributed by atoms with Gasteiger partial charge in [0.2, 0.25) is 0 Å². The number of hydrogen-bond donors (Lipinski definition) is 1. The molecule has 2 rings (SSSR count). The van der Waals surface area contributed by atoms with Crippen LogP contribution in [0.5, 0.6) is 0 Å². The summed E-state index contributed by atoms with van der Waals surface area (Å²) in [6.07, 6.45) is 2.55. The lowest BCUT2D eigenvalue weighted by atomic mass is 10.2. The molecule has 96 valence electrons. The number of imidazole rings is 1. The first-order valence-electron chi connectivity index (χ1n) is 5.61. The van der Waals surface area contributed by atoms with E-state index in [2.05, 4.69) is 28.1 Å². The number of ether oxygens (including phenoxy) is 1. The smallest absolute Gasteiger partial charge is 0.360 e. The number of thiophene rings is 1. The van der Waals surface area contributed by atoms with Crippen LogP contribution < -0.4 is 5.73 Å². The number of nitrogen functional groups attached to an aromatic ring is 1. The molecule has 0 radical (unpaired) electrons. The Morgan fingerprint density at radius 3 is 3.06 bits per heavy atom. The van der Waals surface area contributed by atoms with Crippen LogP contribution in [-0.2, 0) is 17.7 Å². The summed E-state index contributed by atoms with van der Waals surface area (Å²) < 4.78 is 6.38. The number of rotatable bonds is 4. The lowest BCUT2D eigenvalue weighted by molar-refractivity contribution is 0.0596. The summed E-state index contributed by atoms with van der Waals surface area (Å²) in [5.41, 5.74) is 7.36. The third kappa shape index (κ3) is 2.24. The molecule has 2 heterocycles. The molecule has 0 saturated carbocycles. The molecule has 0 unspecified atom stereocenters. The molecule has 0 spiro atoms. The van der Waals surface area contributed by atoms with E-state index >= 15 is 0 Å². The highest BCUT2D eigenvalue weighted by atomic mass is 32.1. The van der Waals surface area contributed by atoms with Gasteiger partial charge in [0.25, 0.3) is 0 Å². The van der Waals surface area contributed by atoms with Crippen LogP contribution in [0.15, 0.2) is 17.8 Å². The maximum Gasteiger partial charge on any atom is 0.360 e. The molecule has 6 heteroatoms. The fourth-order valence-corrected chi connectivity index (χ4v) is 2.72. The van der Waals surface area contributed by atoms with Crippen molar-refractivity contribution in [3.8, 4) is 0 Å². The molecule has 0 aliphatic heterocycles. The van der Waals surface area contributed by atoms with Crippen molar-refractivity contribution in [3.05, 3.63) is 33.9 Å². The number of esters is 1. The van der Waals surface area contributed by atoms with Gasteiger partial charge in [-0.2, -0.15) is 0 Å². The second-order valence-corrected chi connectivity index (χ2v) is 4.82. The highest BCUT2D eigenvalue weighted by Crippen LogP contribution is 2.21. The molecule has 0 aliphatic rings. The third-order valence-electron chi connectivity index (χ3n) is 2.79. The lowest BCUT2D eigenvalue weighted by Gasteiger charge is -2.05. The molecular formula is C12H15N3O2S. The van der Waals surface area contributed by atoms with E-state index in [0.717, 1.165) is 6.42 Å². The molecule has 0 saturated heterocycles. The van der Waals surface area contributed by atoms with Gasteiger partial charge >= 0.3 is 5.97 Å². The number of methoxy groups -OCH3 is 1.